The Morgan fingerprint density at radius 3 is 2.22 bits per heavy atom. The molecular formula is C41H38IN9O5S3. The van der Waals surface area contributed by atoms with E-state index in [1.54, 1.807) is 16.1 Å². The fourth-order valence-electron chi connectivity index (χ4n) is 6.82. The fourth-order valence-corrected chi connectivity index (χ4v) is 9.38. The third-order valence-electron chi connectivity index (χ3n) is 9.52. The number of pyridine rings is 1. The number of fused-ring (bicyclic) bond motifs is 1. The molecule has 3 aromatic carbocycles. The molecule has 2 amide bonds. The van der Waals surface area contributed by atoms with E-state index < -0.39 is 34.7 Å². The quantitative estimate of drug-likeness (QED) is 0.0146. The van der Waals surface area contributed by atoms with Crippen molar-refractivity contribution in [1.29, 1.82) is 0 Å². The van der Waals surface area contributed by atoms with Gasteiger partial charge in [0.2, 0.25) is 18.4 Å². The zero-order chi connectivity index (χ0) is 39.9. The number of amides is 2. The number of carbonyl (C=O) groups excluding carboxylic acids is 3. The van der Waals surface area contributed by atoms with Gasteiger partial charge in [0.1, 0.15) is 41.4 Å². The first kappa shape index (κ1) is 41.7. The van der Waals surface area contributed by atoms with Crippen molar-refractivity contribution in [2.75, 3.05) is 42.6 Å². The molecule has 3 aliphatic heterocycles. The minimum Gasteiger partial charge on any atom is -1.00 e. The normalized spacial score (nSPS) is 17.2. The highest BCUT2D eigenvalue weighted by Gasteiger charge is 2.53. The summed E-state index contributed by atoms with van der Waals surface area (Å²) in [4.78, 5) is 57.0. The first-order chi connectivity index (χ1) is 28.4. The minimum absolute atomic E-state index is 0. The average Bonchev–Trinajstić information content (AvgIpc) is 3.97. The SMILES string of the molecule is CO/N=C(\C(=O)NC1C(=O)N2C(C(=O)OCSc3cc[n+](NC4=NCCN4)cc3)=CCS[C@@H]12)c1csc(NC(c2ccccc2)(c2ccccc2)c2ccccc2)n1.[I-]. The largest absolute Gasteiger partial charge is 1.00 e. The molecule has 1 fully saturated rings. The zero-order valence-corrected chi connectivity index (χ0v) is 36.1. The lowest BCUT2D eigenvalue weighted by atomic mass is 9.77. The van der Waals surface area contributed by atoms with Crippen LogP contribution in [0.1, 0.15) is 22.4 Å². The lowest BCUT2D eigenvalue weighted by Gasteiger charge is -2.48. The van der Waals surface area contributed by atoms with Crippen molar-refractivity contribution in [3.63, 3.8) is 0 Å². The highest BCUT2D eigenvalue weighted by atomic mass is 127. The molecule has 1 unspecified atom stereocenters. The summed E-state index contributed by atoms with van der Waals surface area (Å²) in [6, 6.07) is 33.2. The Balaban J connectivity index is 0.00000528. The molecule has 1 saturated heterocycles. The van der Waals surface area contributed by atoms with Gasteiger partial charge in [-0.05, 0) is 22.8 Å². The van der Waals surface area contributed by atoms with E-state index in [1.165, 1.54) is 46.9 Å². The number of nitrogens with zero attached hydrogens (tertiary/aromatic N) is 5. The van der Waals surface area contributed by atoms with Crippen LogP contribution in [0.5, 0.6) is 0 Å². The van der Waals surface area contributed by atoms with Crippen LogP contribution in [0.15, 0.2) is 148 Å². The van der Waals surface area contributed by atoms with Gasteiger partial charge < -0.3 is 49.5 Å². The predicted molar refractivity (Wildman–Crippen MR) is 225 cm³/mol. The Morgan fingerprint density at radius 2 is 1.63 bits per heavy atom. The van der Waals surface area contributed by atoms with Gasteiger partial charge in [-0.25, -0.2) is 14.8 Å². The monoisotopic (exact) mass is 959 g/mol. The van der Waals surface area contributed by atoms with Crippen LogP contribution in [0.2, 0.25) is 0 Å². The highest BCUT2D eigenvalue weighted by Crippen LogP contribution is 2.41. The van der Waals surface area contributed by atoms with Gasteiger partial charge in [0.15, 0.2) is 10.8 Å². The minimum atomic E-state index is -0.904. The number of rotatable bonds is 14. The summed E-state index contributed by atoms with van der Waals surface area (Å²) in [5, 5.41) is 15.5. The number of guanidine groups is 1. The summed E-state index contributed by atoms with van der Waals surface area (Å²) in [7, 11) is 1.34. The van der Waals surface area contributed by atoms with Crippen molar-refractivity contribution in [1.82, 2.24) is 20.5 Å². The number of halogens is 1. The molecule has 18 heteroatoms. The number of ether oxygens (including phenoxy) is 1. The molecule has 2 aromatic heterocycles. The van der Waals surface area contributed by atoms with E-state index >= 15 is 0 Å². The summed E-state index contributed by atoms with van der Waals surface area (Å²) in [6.07, 6.45) is 5.35. The van der Waals surface area contributed by atoms with Crippen LogP contribution in [-0.4, -0.2) is 82.6 Å². The van der Waals surface area contributed by atoms with Crippen LogP contribution in [-0.2, 0) is 29.5 Å². The molecular weight excluding hydrogens is 922 g/mol. The second kappa shape index (κ2) is 19.1. The van der Waals surface area contributed by atoms with Crippen molar-refractivity contribution in [3.8, 4) is 0 Å². The molecule has 3 aliphatic rings. The number of hydrogen-bond donors (Lipinski definition) is 4. The van der Waals surface area contributed by atoms with E-state index in [9.17, 15) is 14.4 Å². The van der Waals surface area contributed by atoms with Gasteiger partial charge in [-0.1, -0.05) is 113 Å². The second-order valence-corrected chi connectivity index (χ2v) is 16.0. The summed E-state index contributed by atoms with van der Waals surface area (Å²) in [5.41, 5.74) is 5.60. The van der Waals surface area contributed by atoms with Crippen LogP contribution in [0.4, 0.5) is 5.13 Å². The number of carbonyl (C=O) groups is 3. The van der Waals surface area contributed by atoms with Crippen molar-refractivity contribution < 1.29 is 52.6 Å². The maximum atomic E-state index is 13.8. The van der Waals surface area contributed by atoms with Crippen LogP contribution in [0.25, 0.3) is 0 Å². The Hall–Kier alpha value is -5.44. The standard InChI is InChI=1S/C41H37N9O5S3.HI/c1-54-48-33(31-25-57-40(44-31)46-41(27-11-5-2-6-12-27,28-13-7-3-8-14-28)29-15-9-4-10-16-29)35(51)45-34-36(52)50-32(19-24-56-37(34)50)38(53)55-26-58-30-17-22-49(23-18-30)47-39-42-20-21-43-39;/h2-19,22-23,25,34,37H,20-21,24,26H2,1H3,(H3-,42,43,44,45,46,47,51);1H/b48-33-;/t34?,37-;/m0./s1. The maximum absolute atomic E-state index is 13.8. The molecule has 8 rings (SSSR count). The molecule has 0 spiro atoms. The number of thiazole rings is 1. The molecule has 0 bridgehead atoms. The fraction of sp³-hybridized carbons (Fsp3) is 0.195. The first-order valence-corrected chi connectivity index (χ1v) is 21.2. The molecule has 0 aliphatic carbocycles. The second-order valence-electron chi connectivity index (χ2n) is 13.0. The molecule has 14 nitrogen and oxygen atoms in total. The number of thioether (sulfide) groups is 2. The van der Waals surface area contributed by atoms with Crippen LogP contribution in [0.3, 0.4) is 0 Å². The van der Waals surface area contributed by atoms with E-state index in [0.29, 0.717) is 16.8 Å². The lowest BCUT2D eigenvalue weighted by Crippen LogP contribution is -3.00. The number of anilines is 1. The number of nitrogens with one attached hydrogen (secondary N) is 4. The zero-order valence-electron chi connectivity index (χ0n) is 31.5. The third kappa shape index (κ3) is 8.94. The van der Waals surface area contributed by atoms with Crippen molar-refractivity contribution >= 4 is 69.4 Å². The Morgan fingerprint density at radius 1 is 0.983 bits per heavy atom. The summed E-state index contributed by atoms with van der Waals surface area (Å²) < 4.78 is 7.33. The number of aromatic nitrogens is 2. The van der Waals surface area contributed by atoms with Crippen molar-refractivity contribution in [3.05, 3.63) is 155 Å². The average molecular weight is 960 g/mol. The van der Waals surface area contributed by atoms with Gasteiger partial charge >= 0.3 is 5.97 Å². The molecule has 0 saturated carbocycles. The summed E-state index contributed by atoms with van der Waals surface area (Å²) >= 11 is 4.09. The topological polar surface area (TPSA) is 163 Å². The molecule has 0 radical (unpaired) electrons. The Labute approximate surface area is 369 Å². The van der Waals surface area contributed by atoms with Gasteiger partial charge in [-0.2, -0.15) is 0 Å². The Bertz CT molecular complexity index is 2270. The van der Waals surface area contributed by atoms with Crippen LogP contribution in [0, 0.1) is 0 Å². The van der Waals surface area contributed by atoms with Gasteiger partial charge in [0.25, 0.3) is 11.8 Å². The number of esters is 1. The van der Waals surface area contributed by atoms with E-state index in [-0.39, 0.29) is 47.0 Å². The number of hydrogen-bond acceptors (Lipinski definition) is 14. The first-order valence-electron chi connectivity index (χ1n) is 18.3. The molecule has 4 N–H and O–H groups in total. The van der Waals surface area contributed by atoms with Crippen molar-refractivity contribution in [2.45, 2.75) is 21.9 Å². The van der Waals surface area contributed by atoms with E-state index in [0.717, 1.165) is 34.7 Å². The maximum Gasteiger partial charge on any atom is 0.355 e. The Kier molecular flexibility index (Phi) is 13.5. The molecule has 59 heavy (non-hydrogen) atoms. The third-order valence-corrected chi connectivity index (χ3v) is 12.3. The van der Waals surface area contributed by atoms with Crippen LogP contribution >= 0.6 is 34.9 Å². The van der Waals surface area contributed by atoms with Crippen molar-refractivity contribution in [2.24, 2.45) is 10.1 Å². The molecule has 5 heterocycles. The van der Waals surface area contributed by atoms with Crippen LogP contribution < -0.4 is 50.0 Å². The van der Waals surface area contributed by atoms with E-state index in [1.807, 2.05) is 79.1 Å². The molecule has 302 valence electrons. The van der Waals surface area contributed by atoms with Gasteiger partial charge in [-0.3, -0.25) is 14.5 Å². The number of aliphatic imine (C=N–C) groups is 1. The summed E-state index contributed by atoms with van der Waals surface area (Å²) in [5.74, 6) is -0.477. The molecule has 2 atom stereocenters. The number of β-lactam (4-membered cyclic amide) rings is 1. The van der Waals surface area contributed by atoms with Gasteiger partial charge in [0.05, 0.1) is 6.54 Å². The van der Waals surface area contributed by atoms with Gasteiger partial charge in [0, 0.05) is 34.7 Å². The van der Waals surface area contributed by atoms with E-state index in [2.05, 4.69) is 67.9 Å². The lowest BCUT2D eigenvalue weighted by molar-refractivity contribution is -0.640. The van der Waals surface area contributed by atoms with E-state index in [4.69, 9.17) is 14.6 Å². The summed E-state index contributed by atoms with van der Waals surface area (Å²) in [6.45, 7) is 1.53. The molecule has 5 aromatic rings. The predicted octanol–water partition coefficient (Wildman–Crippen LogP) is 1.27. The number of oxime groups is 1. The highest BCUT2D eigenvalue weighted by molar-refractivity contribution is 8.00. The van der Waals surface area contributed by atoms with Gasteiger partial charge in [-0.15, -0.1) is 28.5 Å². The number of benzene rings is 3. The smallest absolute Gasteiger partial charge is 0.355 e.